The first-order valence-electron chi connectivity index (χ1n) is 11.5. The number of aromatic nitrogens is 2. The Hall–Kier alpha value is -3.18. The van der Waals surface area contributed by atoms with Gasteiger partial charge in [0.05, 0.1) is 37.3 Å². The van der Waals surface area contributed by atoms with Crippen LogP contribution < -0.4 is 10.2 Å². The van der Waals surface area contributed by atoms with Crippen molar-refractivity contribution in [1.82, 2.24) is 9.97 Å². The fourth-order valence-corrected chi connectivity index (χ4v) is 4.08. The third-order valence-corrected chi connectivity index (χ3v) is 5.82. The summed E-state index contributed by atoms with van der Waals surface area (Å²) in [6.07, 6.45) is 5.28. The molecule has 0 aliphatic carbocycles. The third kappa shape index (κ3) is 6.65. The van der Waals surface area contributed by atoms with E-state index in [1.807, 2.05) is 13.0 Å². The highest BCUT2D eigenvalue weighted by Crippen LogP contribution is 2.36. The second-order valence-corrected chi connectivity index (χ2v) is 8.87. The third-order valence-electron chi connectivity index (χ3n) is 5.82. The Kier molecular flexibility index (Phi) is 8.61. The van der Waals surface area contributed by atoms with Crippen molar-refractivity contribution in [2.24, 2.45) is 5.92 Å². The number of nitrogens with one attached hydrogen (secondary N) is 1. The minimum Gasteiger partial charge on any atom is -0.469 e. The highest BCUT2D eigenvalue weighted by Gasteiger charge is 2.25. The van der Waals surface area contributed by atoms with Gasteiger partial charge in [0.25, 0.3) is 0 Å². The molecule has 176 valence electrons. The predicted molar refractivity (Wildman–Crippen MR) is 128 cm³/mol. The predicted octanol–water partition coefficient (Wildman–Crippen LogP) is 4.40. The molecule has 1 N–H and O–H groups in total. The molecule has 1 aliphatic rings. The van der Waals surface area contributed by atoms with Crippen LogP contribution in [-0.2, 0) is 14.3 Å². The largest absolute Gasteiger partial charge is 0.469 e. The molecule has 1 atom stereocenters. The summed E-state index contributed by atoms with van der Waals surface area (Å²) in [7, 11) is 1.41. The lowest BCUT2D eigenvalue weighted by molar-refractivity contribution is -0.140. The lowest BCUT2D eigenvalue weighted by atomic mass is 9.95. The standard InChI is InChI=1S/C25H33N5O3/c1-17(2)16-30(21-7-9-33-10-8-21)23-6-5-19(18(3)11-25(31)32-4)12-22(23)29-24-15-27-20(13-26)14-28-24/h5-6,12,14-15,17-18,21H,7-11,16H2,1-4H3,(H,28,29)/t18-/m1/s1. The molecule has 1 saturated heterocycles. The number of methoxy groups -OCH3 is 1. The Morgan fingerprint density at radius 1 is 1.27 bits per heavy atom. The monoisotopic (exact) mass is 451 g/mol. The molecule has 0 radical (unpaired) electrons. The van der Waals surface area contributed by atoms with Crippen LogP contribution in [0.4, 0.5) is 17.2 Å². The summed E-state index contributed by atoms with van der Waals surface area (Å²) in [4.78, 5) is 22.8. The van der Waals surface area contributed by atoms with E-state index in [1.54, 1.807) is 6.20 Å². The number of hydrogen-bond donors (Lipinski definition) is 1. The molecule has 1 aliphatic heterocycles. The fraction of sp³-hybridized carbons (Fsp3) is 0.520. The van der Waals surface area contributed by atoms with E-state index in [-0.39, 0.29) is 17.6 Å². The smallest absolute Gasteiger partial charge is 0.306 e. The average molecular weight is 452 g/mol. The quantitative estimate of drug-likeness (QED) is 0.560. The van der Waals surface area contributed by atoms with Crippen LogP contribution in [0, 0.1) is 17.2 Å². The lowest BCUT2D eigenvalue weighted by Crippen LogP contribution is -2.42. The Morgan fingerprint density at radius 2 is 2.03 bits per heavy atom. The van der Waals surface area contributed by atoms with Gasteiger partial charge in [0, 0.05) is 25.8 Å². The maximum Gasteiger partial charge on any atom is 0.306 e. The zero-order chi connectivity index (χ0) is 23.8. The molecule has 1 aromatic heterocycles. The molecule has 1 aromatic carbocycles. The SMILES string of the molecule is COC(=O)C[C@@H](C)c1ccc(N(CC(C)C)C2CCOCC2)c(Nc2cnc(C#N)cn2)c1. The Morgan fingerprint density at radius 3 is 2.64 bits per heavy atom. The van der Waals surface area contributed by atoms with E-state index in [4.69, 9.17) is 14.7 Å². The number of benzene rings is 1. The zero-order valence-corrected chi connectivity index (χ0v) is 19.9. The van der Waals surface area contributed by atoms with E-state index >= 15 is 0 Å². The van der Waals surface area contributed by atoms with Gasteiger partial charge in [0.1, 0.15) is 11.9 Å². The van der Waals surface area contributed by atoms with E-state index in [2.05, 4.69) is 52.2 Å². The first kappa shape index (κ1) is 24.5. The number of nitrogens with zero attached hydrogens (tertiary/aromatic N) is 4. The average Bonchev–Trinajstić information content (AvgIpc) is 2.83. The topological polar surface area (TPSA) is 100 Å². The van der Waals surface area contributed by atoms with Crippen LogP contribution in [0.3, 0.4) is 0 Å². The fourth-order valence-electron chi connectivity index (χ4n) is 4.08. The number of esters is 1. The summed E-state index contributed by atoms with van der Waals surface area (Å²) < 4.78 is 10.5. The summed E-state index contributed by atoms with van der Waals surface area (Å²) in [5.74, 6) is 0.807. The molecular formula is C25H33N5O3. The lowest BCUT2D eigenvalue weighted by Gasteiger charge is -2.38. The first-order valence-corrected chi connectivity index (χ1v) is 11.5. The maximum atomic E-state index is 11.8. The molecule has 0 saturated carbocycles. The Labute approximate surface area is 195 Å². The Balaban J connectivity index is 1.99. The highest BCUT2D eigenvalue weighted by molar-refractivity contribution is 5.76. The van der Waals surface area contributed by atoms with Crippen molar-refractivity contribution in [3.8, 4) is 6.07 Å². The van der Waals surface area contributed by atoms with E-state index in [9.17, 15) is 4.79 Å². The zero-order valence-electron chi connectivity index (χ0n) is 19.9. The van der Waals surface area contributed by atoms with Crippen LogP contribution in [0.1, 0.15) is 57.2 Å². The summed E-state index contributed by atoms with van der Waals surface area (Å²) in [5, 5.41) is 12.4. The number of carbonyl (C=O) groups is 1. The van der Waals surface area contributed by atoms with Crippen molar-refractivity contribution in [2.45, 2.75) is 52.0 Å². The molecule has 2 heterocycles. The highest BCUT2D eigenvalue weighted by atomic mass is 16.5. The molecule has 0 amide bonds. The summed E-state index contributed by atoms with van der Waals surface area (Å²) in [6.45, 7) is 8.89. The molecule has 8 nitrogen and oxygen atoms in total. The van der Waals surface area contributed by atoms with Crippen LogP contribution in [0.5, 0.6) is 0 Å². The summed E-state index contributed by atoms with van der Waals surface area (Å²) >= 11 is 0. The normalized spacial score (nSPS) is 15.0. The van der Waals surface area contributed by atoms with Gasteiger partial charge >= 0.3 is 5.97 Å². The van der Waals surface area contributed by atoms with Crippen molar-refractivity contribution in [2.75, 3.05) is 37.1 Å². The van der Waals surface area contributed by atoms with E-state index < -0.39 is 0 Å². The molecule has 33 heavy (non-hydrogen) atoms. The van der Waals surface area contributed by atoms with E-state index in [0.717, 1.165) is 49.5 Å². The number of anilines is 3. The van der Waals surface area contributed by atoms with Gasteiger partial charge in [-0.3, -0.25) is 4.79 Å². The summed E-state index contributed by atoms with van der Waals surface area (Å²) in [5.41, 5.74) is 3.28. The van der Waals surface area contributed by atoms with Crippen LogP contribution in [0.15, 0.2) is 30.6 Å². The van der Waals surface area contributed by atoms with Crippen LogP contribution in [0.25, 0.3) is 0 Å². The molecule has 0 bridgehead atoms. The molecule has 2 aromatic rings. The molecule has 0 unspecified atom stereocenters. The minimum absolute atomic E-state index is 0.000674. The number of rotatable bonds is 9. The van der Waals surface area contributed by atoms with Crippen molar-refractivity contribution < 1.29 is 14.3 Å². The van der Waals surface area contributed by atoms with E-state index in [0.29, 0.717) is 24.2 Å². The molecule has 0 spiro atoms. The summed E-state index contributed by atoms with van der Waals surface area (Å²) in [6, 6.07) is 8.67. The van der Waals surface area contributed by atoms with Gasteiger partial charge in [-0.05, 0) is 42.4 Å². The van der Waals surface area contributed by atoms with Crippen molar-refractivity contribution in [1.29, 1.82) is 5.26 Å². The van der Waals surface area contributed by atoms with Gasteiger partial charge in [-0.2, -0.15) is 5.26 Å². The van der Waals surface area contributed by atoms with Gasteiger partial charge in [0.2, 0.25) is 0 Å². The van der Waals surface area contributed by atoms with E-state index in [1.165, 1.54) is 13.3 Å². The Bertz CT molecular complexity index is 965. The minimum atomic E-state index is -0.234. The van der Waals surface area contributed by atoms with Crippen molar-refractivity contribution in [3.63, 3.8) is 0 Å². The van der Waals surface area contributed by atoms with Gasteiger partial charge in [-0.15, -0.1) is 0 Å². The molecule has 3 rings (SSSR count). The second-order valence-electron chi connectivity index (χ2n) is 8.87. The first-order chi connectivity index (χ1) is 15.9. The van der Waals surface area contributed by atoms with Crippen molar-refractivity contribution in [3.05, 3.63) is 41.9 Å². The van der Waals surface area contributed by atoms with Crippen LogP contribution in [-0.4, -0.2) is 48.8 Å². The number of ether oxygens (including phenoxy) is 2. The van der Waals surface area contributed by atoms with Crippen LogP contribution in [0.2, 0.25) is 0 Å². The number of carbonyl (C=O) groups excluding carboxylic acids is 1. The molecular weight excluding hydrogens is 418 g/mol. The second kappa shape index (κ2) is 11.6. The molecule has 8 heteroatoms. The molecule has 1 fully saturated rings. The van der Waals surface area contributed by atoms with Gasteiger partial charge in [-0.1, -0.05) is 26.8 Å². The van der Waals surface area contributed by atoms with Gasteiger partial charge < -0.3 is 19.7 Å². The van der Waals surface area contributed by atoms with Crippen LogP contribution >= 0.6 is 0 Å². The number of hydrogen-bond acceptors (Lipinski definition) is 8. The maximum absolute atomic E-state index is 11.8. The van der Waals surface area contributed by atoms with Gasteiger partial charge in [0.15, 0.2) is 5.69 Å². The number of nitriles is 1. The van der Waals surface area contributed by atoms with Gasteiger partial charge in [-0.25, -0.2) is 9.97 Å². The van der Waals surface area contributed by atoms with Crippen molar-refractivity contribution >= 4 is 23.2 Å².